The molecule has 0 spiro atoms. The highest BCUT2D eigenvalue weighted by molar-refractivity contribution is 5.82. The minimum absolute atomic E-state index is 0.142. The second-order valence-electron chi connectivity index (χ2n) is 5.58. The summed E-state index contributed by atoms with van der Waals surface area (Å²) in [7, 11) is 0. The number of para-hydroxylation sites is 1. The lowest BCUT2D eigenvalue weighted by molar-refractivity contribution is -0.269. The summed E-state index contributed by atoms with van der Waals surface area (Å²) in [6.45, 7) is 0.0913. The average Bonchev–Trinajstić information content (AvgIpc) is 2.93. The molecule has 1 aromatic carbocycles. The molecule has 1 saturated heterocycles. The Morgan fingerprint density at radius 2 is 2.05 bits per heavy atom. The van der Waals surface area contributed by atoms with Gasteiger partial charge in [0.15, 0.2) is 6.29 Å². The van der Waals surface area contributed by atoms with Crippen LogP contribution in [0.1, 0.15) is 12.0 Å². The van der Waals surface area contributed by atoms with Crippen molar-refractivity contribution in [2.75, 3.05) is 13.2 Å². The predicted octanol–water partition coefficient (Wildman–Crippen LogP) is 0.556. The molecule has 3 rings (SSSR count). The molecule has 22 heavy (non-hydrogen) atoms. The van der Waals surface area contributed by atoms with Crippen molar-refractivity contribution in [1.82, 2.24) is 4.98 Å². The van der Waals surface area contributed by atoms with Crippen molar-refractivity contribution in [1.29, 1.82) is 0 Å². The Labute approximate surface area is 128 Å². The zero-order valence-corrected chi connectivity index (χ0v) is 12.2. The van der Waals surface area contributed by atoms with Crippen LogP contribution in [0.4, 0.5) is 0 Å². The molecule has 6 nitrogen and oxygen atoms in total. The fourth-order valence-corrected chi connectivity index (χ4v) is 2.80. The van der Waals surface area contributed by atoms with Crippen molar-refractivity contribution in [3.05, 3.63) is 36.0 Å². The van der Waals surface area contributed by atoms with Gasteiger partial charge in [-0.05, 0) is 18.1 Å². The Bertz CT molecular complexity index is 613. The fourth-order valence-electron chi connectivity index (χ4n) is 2.80. The summed E-state index contributed by atoms with van der Waals surface area (Å²) in [5, 5.41) is 29.8. The molecule has 2 heterocycles. The van der Waals surface area contributed by atoms with E-state index in [1.165, 1.54) is 0 Å². The molecule has 120 valence electrons. The van der Waals surface area contributed by atoms with Gasteiger partial charge in [0.25, 0.3) is 0 Å². The van der Waals surface area contributed by atoms with Crippen molar-refractivity contribution in [2.24, 2.45) is 0 Å². The molecular formula is C16H21NO5. The van der Waals surface area contributed by atoms with Gasteiger partial charge >= 0.3 is 0 Å². The summed E-state index contributed by atoms with van der Waals surface area (Å²) >= 11 is 0. The quantitative estimate of drug-likeness (QED) is 0.647. The molecule has 1 aliphatic rings. The number of ether oxygens (including phenoxy) is 2. The number of aliphatic hydroxyl groups is 3. The lowest BCUT2D eigenvalue weighted by atomic mass is 10.0. The number of aromatic nitrogens is 1. The third-order valence-electron chi connectivity index (χ3n) is 4.04. The highest BCUT2D eigenvalue weighted by Crippen LogP contribution is 2.22. The van der Waals surface area contributed by atoms with Crippen LogP contribution >= 0.6 is 0 Å². The average molecular weight is 307 g/mol. The number of H-pyrrole nitrogens is 1. The van der Waals surface area contributed by atoms with E-state index in [2.05, 4.69) is 4.98 Å². The third kappa shape index (κ3) is 3.16. The Kier molecular flexibility index (Phi) is 4.75. The van der Waals surface area contributed by atoms with Crippen LogP contribution < -0.4 is 0 Å². The van der Waals surface area contributed by atoms with Gasteiger partial charge in [-0.15, -0.1) is 0 Å². The Hall–Kier alpha value is -1.44. The minimum Gasteiger partial charge on any atom is -0.394 e. The first-order valence-corrected chi connectivity index (χ1v) is 7.48. The number of hydrogen-bond donors (Lipinski definition) is 4. The van der Waals surface area contributed by atoms with Crippen molar-refractivity contribution in [3.8, 4) is 0 Å². The van der Waals surface area contributed by atoms with E-state index in [-0.39, 0.29) is 13.0 Å². The smallest absolute Gasteiger partial charge is 0.184 e. The van der Waals surface area contributed by atoms with Crippen LogP contribution in [0.5, 0.6) is 0 Å². The number of aromatic amines is 1. The van der Waals surface area contributed by atoms with Crippen molar-refractivity contribution < 1.29 is 24.8 Å². The van der Waals surface area contributed by atoms with Gasteiger partial charge in [-0.25, -0.2) is 0 Å². The Morgan fingerprint density at radius 1 is 1.23 bits per heavy atom. The molecule has 2 aromatic rings. The first-order chi connectivity index (χ1) is 10.7. The van der Waals surface area contributed by atoms with Gasteiger partial charge in [0.2, 0.25) is 0 Å². The normalized spacial score (nSPS) is 29.0. The van der Waals surface area contributed by atoms with Crippen LogP contribution in [0.25, 0.3) is 10.9 Å². The van der Waals surface area contributed by atoms with Gasteiger partial charge in [-0.1, -0.05) is 18.2 Å². The maximum Gasteiger partial charge on any atom is 0.184 e. The van der Waals surface area contributed by atoms with Crippen LogP contribution in [0.3, 0.4) is 0 Å². The summed E-state index contributed by atoms with van der Waals surface area (Å²) in [6.07, 6.45) is -0.500. The first kappa shape index (κ1) is 15.5. The van der Waals surface area contributed by atoms with E-state index in [0.29, 0.717) is 13.0 Å². The van der Waals surface area contributed by atoms with Gasteiger partial charge in [0.05, 0.1) is 19.3 Å². The van der Waals surface area contributed by atoms with Gasteiger partial charge < -0.3 is 29.8 Å². The highest BCUT2D eigenvalue weighted by Gasteiger charge is 2.36. The lowest BCUT2D eigenvalue weighted by Gasteiger charge is -2.36. The van der Waals surface area contributed by atoms with Gasteiger partial charge in [0, 0.05) is 23.5 Å². The monoisotopic (exact) mass is 307 g/mol. The lowest BCUT2D eigenvalue weighted by Crippen LogP contribution is -2.49. The number of rotatable bonds is 5. The van der Waals surface area contributed by atoms with Crippen LogP contribution in [-0.2, 0) is 15.9 Å². The van der Waals surface area contributed by atoms with E-state index in [1.54, 1.807) is 0 Å². The second-order valence-corrected chi connectivity index (χ2v) is 5.58. The third-order valence-corrected chi connectivity index (χ3v) is 4.04. The SMILES string of the molecule is OC[C@H]1O[C@@H](OCCc2c[nH]c3ccccc23)[C@H](O)C[C@H]1O. The summed E-state index contributed by atoms with van der Waals surface area (Å²) in [4.78, 5) is 3.21. The van der Waals surface area contributed by atoms with E-state index in [4.69, 9.17) is 14.6 Å². The Morgan fingerprint density at radius 3 is 2.86 bits per heavy atom. The summed E-state index contributed by atoms with van der Waals surface area (Å²) in [5.74, 6) is 0. The molecule has 1 aliphatic heterocycles. The van der Waals surface area contributed by atoms with E-state index in [1.807, 2.05) is 30.5 Å². The molecule has 6 heteroatoms. The van der Waals surface area contributed by atoms with E-state index < -0.39 is 24.6 Å². The van der Waals surface area contributed by atoms with Crippen LogP contribution in [0, 0.1) is 0 Å². The molecular weight excluding hydrogens is 286 g/mol. The molecule has 0 bridgehead atoms. The zero-order valence-electron chi connectivity index (χ0n) is 12.2. The molecule has 1 aromatic heterocycles. The molecule has 0 saturated carbocycles. The largest absolute Gasteiger partial charge is 0.394 e. The van der Waals surface area contributed by atoms with E-state index in [0.717, 1.165) is 16.5 Å². The van der Waals surface area contributed by atoms with Gasteiger partial charge in [-0.2, -0.15) is 0 Å². The topological polar surface area (TPSA) is 94.9 Å². The van der Waals surface area contributed by atoms with E-state index >= 15 is 0 Å². The number of aliphatic hydroxyl groups excluding tert-OH is 3. The number of fused-ring (bicyclic) bond motifs is 1. The maximum absolute atomic E-state index is 9.88. The minimum atomic E-state index is -0.888. The fraction of sp³-hybridized carbons (Fsp3) is 0.500. The standard InChI is InChI=1S/C16H21NO5/c18-9-15-13(19)7-14(20)16(22-15)21-6-5-10-8-17-12-4-2-1-3-11(10)12/h1-4,8,13-20H,5-7,9H2/t13-,14-,15-,16-/m1/s1. The number of nitrogens with one attached hydrogen (secondary N) is 1. The molecule has 4 N–H and O–H groups in total. The van der Waals surface area contributed by atoms with Crippen molar-refractivity contribution in [3.63, 3.8) is 0 Å². The van der Waals surface area contributed by atoms with Crippen LogP contribution in [0.2, 0.25) is 0 Å². The Balaban J connectivity index is 1.56. The van der Waals surface area contributed by atoms with E-state index in [9.17, 15) is 10.2 Å². The molecule has 0 aliphatic carbocycles. The van der Waals surface area contributed by atoms with Crippen LogP contribution in [0.15, 0.2) is 30.5 Å². The van der Waals surface area contributed by atoms with Gasteiger partial charge in [0.1, 0.15) is 12.2 Å². The molecule has 1 fully saturated rings. The molecule has 4 atom stereocenters. The summed E-state index contributed by atoms with van der Waals surface area (Å²) in [5.41, 5.74) is 2.22. The van der Waals surface area contributed by atoms with Gasteiger partial charge in [-0.3, -0.25) is 0 Å². The van der Waals surface area contributed by atoms with Crippen molar-refractivity contribution >= 4 is 10.9 Å². The summed E-state index contributed by atoms with van der Waals surface area (Å²) in [6, 6.07) is 8.03. The maximum atomic E-state index is 9.88. The van der Waals surface area contributed by atoms with Crippen LogP contribution in [-0.4, -0.2) is 58.1 Å². The highest BCUT2D eigenvalue weighted by atomic mass is 16.7. The molecule has 0 radical (unpaired) electrons. The summed E-state index contributed by atoms with van der Waals surface area (Å²) < 4.78 is 11.0. The van der Waals surface area contributed by atoms with Crippen molar-refractivity contribution in [2.45, 2.75) is 37.4 Å². The zero-order chi connectivity index (χ0) is 15.5. The molecule has 0 amide bonds. The number of benzene rings is 1. The second kappa shape index (κ2) is 6.76. The number of hydrogen-bond acceptors (Lipinski definition) is 5. The molecule has 0 unspecified atom stereocenters. The predicted molar refractivity (Wildman–Crippen MR) is 80.3 cm³/mol. The first-order valence-electron chi connectivity index (χ1n) is 7.48.